The topological polar surface area (TPSA) is 15.3 Å². The summed E-state index contributed by atoms with van der Waals surface area (Å²) in [5.74, 6) is 0. The first-order valence-electron chi connectivity index (χ1n) is 8.17. The summed E-state index contributed by atoms with van der Waals surface area (Å²) < 4.78 is 0. The van der Waals surface area contributed by atoms with Crippen LogP contribution in [0.4, 0.5) is 0 Å². The summed E-state index contributed by atoms with van der Waals surface area (Å²) in [6, 6.07) is 9.92. The molecule has 0 amide bonds. The zero-order chi connectivity index (χ0) is 15.0. The van der Waals surface area contributed by atoms with E-state index in [0.717, 1.165) is 6.54 Å². The smallest absolute Gasteiger partial charge is 0.0475 e. The van der Waals surface area contributed by atoms with Crippen molar-refractivity contribution in [1.29, 1.82) is 0 Å². The molecule has 0 aliphatic rings. The number of likely N-dealkylation sites (N-methyl/N-ethyl adjacent to an activating group) is 1. The number of nitrogens with zero attached hydrogens (tertiary/aromatic N) is 1. The first kappa shape index (κ1) is 17.2. The molecule has 0 heterocycles. The minimum absolute atomic E-state index is 0.415. The SMILES string of the molecule is CCCN(CCC)C(C)C(NCC)c1ccc(C)cc1. The van der Waals surface area contributed by atoms with Crippen molar-refractivity contribution in [3.05, 3.63) is 35.4 Å². The summed E-state index contributed by atoms with van der Waals surface area (Å²) >= 11 is 0. The molecule has 2 atom stereocenters. The Morgan fingerprint density at radius 1 is 1.00 bits per heavy atom. The van der Waals surface area contributed by atoms with Crippen LogP contribution in [-0.4, -0.2) is 30.6 Å². The lowest BCUT2D eigenvalue weighted by Gasteiger charge is -2.35. The van der Waals surface area contributed by atoms with Crippen LogP contribution in [0.25, 0.3) is 0 Å². The number of aryl methyl sites for hydroxylation is 1. The normalized spacial score (nSPS) is 14.5. The van der Waals surface area contributed by atoms with Crippen LogP contribution in [0.2, 0.25) is 0 Å². The third kappa shape index (κ3) is 4.92. The fraction of sp³-hybridized carbons (Fsp3) is 0.667. The predicted molar refractivity (Wildman–Crippen MR) is 89.2 cm³/mol. The Labute approximate surface area is 125 Å². The van der Waals surface area contributed by atoms with Crippen molar-refractivity contribution in [2.24, 2.45) is 0 Å². The second-order valence-corrected chi connectivity index (χ2v) is 5.72. The van der Waals surface area contributed by atoms with E-state index in [1.54, 1.807) is 0 Å². The molecule has 0 bridgehead atoms. The minimum atomic E-state index is 0.415. The zero-order valence-corrected chi connectivity index (χ0v) is 13.9. The molecule has 1 aromatic rings. The van der Waals surface area contributed by atoms with E-state index in [1.807, 2.05) is 0 Å². The third-order valence-electron chi connectivity index (χ3n) is 3.94. The molecule has 0 aliphatic carbocycles. The third-order valence-corrected chi connectivity index (χ3v) is 3.94. The molecule has 0 aromatic heterocycles. The fourth-order valence-electron chi connectivity index (χ4n) is 2.86. The summed E-state index contributed by atoms with van der Waals surface area (Å²) in [4.78, 5) is 2.62. The second kappa shape index (κ2) is 9.15. The molecular weight excluding hydrogens is 244 g/mol. The van der Waals surface area contributed by atoms with Gasteiger partial charge in [-0.05, 0) is 51.9 Å². The van der Waals surface area contributed by atoms with Crippen molar-refractivity contribution in [3.63, 3.8) is 0 Å². The highest BCUT2D eigenvalue weighted by atomic mass is 15.2. The number of nitrogens with one attached hydrogen (secondary N) is 1. The summed E-state index contributed by atoms with van der Waals surface area (Å²) in [6.07, 6.45) is 2.44. The van der Waals surface area contributed by atoms with E-state index in [4.69, 9.17) is 0 Å². The van der Waals surface area contributed by atoms with Gasteiger partial charge in [0.15, 0.2) is 0 Å². The summed E-state index contributed by atoms with van der Waals surface area (Å²) in [7, 11) is 0. The maximum absolute atomic E-state index is 3.67. The lowest BCUT2D eigenvalue weighted by atomic mass is 9.97. The first-order chi connectivity index (χ1) is 9.63. The van der Waals surface area contributed by atoms with Crippen molar-refractivity contribution in [1.82, 2.24) is 10.2 Å². The Balaban J connectivity index is 2.89. The standard InChI is InChI=1S/C18H32N2/c1-6-13-20(14-7-2)16(5)18(19-8-3)17-11-9-15(4)10-12-17/h9-12,16,18-19H,6-8,13-14H2,1-5H3. The molecule has 2 heteroatoms. The highest BCUT2D eigenvalue weighted by molar-refractivity contribution is 5.25. The van der Waals surface area contributed by atoms with Crippen molar-refractivity contribution >= 4 is 0 Å². The quantitative estimate of drug-likeness (QED) is 0.728. The summed E-state index contributed by atoms with van der Waals surface area (Å²) in [6.45, 7) is 14.6. The van der Waals surface area contributed by atoms with Gasteiger partial charge in [-0.15, -0.1) is 0 Å². The Kier molecular flexibility index (Phi) is 7.86. The van der Waals surface area contributed by atoms with Crippen LogP contribution in [0.5, 0.6) is 0 Å². The van der Waals surface area contributed by atoms with Crippen LogP contribution in [0, 0.1) is 6.92 Å². The Bertz CT molecular complexity index is 352. The molecule has 0 saturated carbocycles. The molecule has 114 valence electrons. The summed E-state index contributed by atoms with van der Waals surface area (Å²) in [5, 5.41) is 3.67. The maximum atomic E-state index is 3.67. The number of rotatable bonds is 9. The number of hydrogen-bond donors (Lipinski definition) is 1. The fourth-order valence-corrected chi connectivity index (χ4v) is 2.86. The Morgan fingerprint density at radius 2 is 1.55 bits per heavy atom. The van der Waals surface area contributed by atoms with E-state index in [0.29, 0.717) is 12.1 Å². The molecule has 1 aromatic carbocycles. The van der Waals surface area contributed by atoms with Gasteiger partial charge in [0.1, 0.15) is 0 Å². The van der Waals surface area contributed by atoms with E-state index >= 15 is 0 Å². The van der Waals surface area contributed by atoms with E-state index in [1.165, 1.54) is 37.1 Å². The Hall–Kier alpha value is -0.860. The van der Waals surface area contributed by atoms with E-state index in [9.17, 15) is 0 Å². The van der Waals surface area contributed by atoms with Crippen LogP contribution in [-0.2, 0) is 0 Å². The average Bonchev–Trinajstić information content (AvgIpc) is 2.45. The van der Waals surface area contributed by atoms with Gasteiger partial charge in [0.2, 0.25) is 0 Å². The van der Waals surface area contributed by atoms with Crippen LogP contribution < -0.4 is 5.32 Å². The van der Waals surface area contributed by atoms with Crippen LogP contribution in [0.3, 0.4) is 0 Å². The molecule has 0 radical (unpaired) electrons. The summed E-state index contributed by atoms with van der Waals surface area (Å²) in [5.41, 5.74) is 2.73. The average molecular weight is 276 g/mol. The molecule has 2 nitrogen and oxygen atoms in total. The molecule has 1 rings (SSSR count). The highest BCUT2D eigenvalue weighted by Crippen LogP contribution is 2.22. The molecule has 2 unspecified atom stereocenters. The first-order valence-corrected chi connectivity index (χ1v) is 8.17. The van der Waals surface area contributed by atoms with E-state index in [2.05, 4.69) is 69.1 Å². The Morgan fingerprint density at radius 3 is 2.00 bits per heavy atom. The largest absolute Gasteiger partial charge is 0.309 e. The van der Waals surface area contributed by atoms with Crippen LogP contribution in [0.15, 0.2) is 24.3 Å². The molecule has 0 aliphatic heterocycles. The van der Waals surface area contributed by atoms with Gasteiger partial charge in [-0.25, -0.2) is 0 Å². The van der Waals surface area contributed by atoms with Gasteiger partial charge in [0.25, 0.3) is 0 Å². The monoisotopic (exact) mass is 276 g/mol. The van der Waals surface area contributed by atoms with Crippen molar-refractivity contribution in [2.75, 3.05) is 19.6 Å². The lowest BCUT2D eigenvalue weighted by molar-refractivity contribution is 0.170. The van der Waals surface area contributed by atoms with Crippen LogP contribution >= 0.6 is 0 Å². The van der Waals surface area contributed by atoms with Crippen molar-refractivity contribution in [3.8, 4) is 0 Å². The van der Waals surface area contributed by atoms with Gasteiger partial charge in [0, 0.05) is 12.1 Å². The predicted octanol–water partition coefficient (Wildman–Crippen LogP) is 4.16. The molecule has 0 saturated heterocycles. The van der Waals surface area contributed by atoms with Gasteiger partial charge in [-0.2, -0.15) is 0 Å². The van der Waals surface area contributed by atoms with Crippen molar-refractivity contribution in [2.45, 2.75) is 59.5 Å². The highest BCUT2D eigenvalue weighted by Gasteiger charge is 2.23. The maximum Gasteiger partial charge on any atom is 0.0475 e. The van der Waals surface area contributed by atoms with E-state index < -0.39 is 0 Å². The number of hydrogen-bond acceptors (Lipinski definition) is 2. The zero-order valence-electron chi connectivity index (χ0n) is 13.9. The minimum Gasteiger partial charge on any atom is -0.309 e. The van der Waals surface area contributed by atoms with E-state index in [-0.39, 0.29) is 0 Å². The van der Waals surface area contributed by atoms with Gasteiger partial charge in [0.05, 0.1) is 0 Å². The second-order valence-electron chi connectivity index (χ2n) is 5.72. The number of benzene rings is 1. The molecule has 1 N–H and O–H groups in total. The van der Waals surface area contributed by atoms with Gasteiger partial charge >= 0.3 is 0 Å². The molecule has 20 heavy (non-hydrogen) atoms. The van der Waals surface area contributed by atoms with Gasteiger partial charge < -0.3 is 5.32 Å². The van der Waals surface area contributed by atoms with Crippen LogP contribution in [0.1, 0.15) is 57.7 Å². The molecular formula is C18H32N2. The van der Waals surface area contributed by atoms with Gasteiger partial charge in [-0.1, -0.05) is 50.6 Å². The molecule has 0 spiro atoms. The lowest BCUT2D eigenvalue weighted by Crippen LogP contribution is -2.43. The van der Waals surface area contributed by atoms with Gasteiger partial charge in [-0.3, -0.25) is 4.90 Å². The van der Waals surface area contributed by atoms with Crippen molar-refractivity contribution < 1.29 is 0 Å². The molecule has 0 fully saturated rings.